The van der Waals surface area contributed by atoms with Crippen LogP contribution in [0.15, 0.2) is 23.6 Å². The third-order valence-corrected chi connectivity index (χ3v) is 3.45. The first-order valence-corrected chi connectivity index (χ1v) is 7.13. The molecule has 0 aliphatic carbocycles. The van der Waals surface area contributed by atoms with Crippen LogP contribution in [0, 0.1) is 17.0 Å². The number of thiazole rings is 1. The van der Waals surface area contributed by atoms with Gasteiger partial charge in [0.2, 0.25) is 0 Å². The highest BCUT2D eigenvalue weighted by atomic mass is 32.1. The zero-order valence-electron chi connectivity index (χ0n) is 11.9. The number of hydrogen-bond acceptors (Lipinski definition) is 5. The molecule has 0 spiro atoms. The standard InChI is InChI=1S/C14H17N3O2S/c1-9-5-6-10(7-12(9)17(18)19)11-8-20-13(15-11)16-14(2,3)4/h5-8H,1-4H3,(H,15,16). The third kappa shape index (κ3) is 3.33. The van der Waals surface area contributed by atoms with Crippen molar-refractivity contribution in [2.75, 3.05) is 5.32 Å². The average Bonchev–Trinajstić information content (AvgIpc) is 2.75. The Morgan fingerprint density at radius 3 is 2.65 bits per heavy atom. The number of nitrogens with one attached hydrogen (secondary N) is 1. The number of rotatable bonds is 3. The van der Waals surface area contributed by atoms with Crippen LogP contribution in [-0.4, -0.2) is 15.4 Å². The smallest absolute Gasteiger partial charge is 0.272 e. The number of aryl methyl sites for hydroxylation is 1. The van der Waals surface area contributed by atoms with E-state index < -0.39 is 0 Å². The van der Waals surface area contributed by atoms with Gasteiger partial charge in [-0.3, -0.25) is 10.1 Å². The van der Waals surface area contributed by atoms with Crippen molar-refractivity contribution in [1.82, 2.24) is 4.98 Å². The molecule has 0 radical (unpaired) electrons. The molecule has 6 heteroatoms. The summed E-state index contributed by atoms with van der Waals surface area (Å²) in [6.07, 6.45) is 0. The van der Waals surface area contributed by atoms with Gasteiger partial charge in [-0.25, -0.2) is 4.98 Å². The number of nitro groups is 1. The number of hydrogen-bond donors (Lipinski definition) is 1. The minimum atomic E-state index is -0.362. The fourth-order valence-corrected chi connectivity index (χ4v) is 2.68. The first-order valence-electron chi connectivity index (χ1n) is 6.25. The molecule has 1 N–H and O–H groups in total. The molecule has 2 rings (SSSR count). The van der Waals surface area contributed by atoms with Crippen LogP contribution in [0.2, 0.25) is 0 Å². The van der Waals surface area contributed by atoms with Crippen LogP contribution >= 0.6 is 11.3 Å². The molecular formula is C14H17N3O2S. The first-order chi connectivity index (χ1) is 9.26. The van der Waals surface area contributed by atoms with E-state index in [-0.39, 0.29) is 16.1 Å². The van der Waals surface area contributed by atoms with Crippen molar-refractivity contribution in [3.63, 3.8) is 0 Å². The first kappa shape index (κ1) is 14.5. The Bertz CT molecular complexity index is 644. The monoisotopic (exact) mass is 291 g/mol. The normalized spacial score (nSPS) is 11.4. The molecule has 106 valence electrons. The van der Waals surface area contributed by atoms with Crippen LogP contribution < -0.4 is 5.32 Å². The summed E-state index contributed by atoms with van der Waals surface area (Å²) >= 11 is 1.50. The molecule has 0 atom stereocenters. The highest BCUT2D eigenvalue weighted by Gasteiger charge is 2.15. The van der Waals surface area contributed by atoms with E-state index in [9.17, 15) is 10.1 Å². The molecule has 5 nitrogen and oxygen atoms in total. The lowest BCUT2D eigenvalue weighted by atomic mass is 10.1. The highest BCUT2D eigenvalue weighted by Crippen LogP contribution is 2.30. The van der Waals surface area contributed by atoms with Gasteiger partial charge in [-0.05, 0) is 27.7 Å². The second-order valence-electron chi connectivity index (χ2n) is 5.67. The van der Waals surface area contributed by atoms with E-state index in [2.05, 4.69) is 31.1 Å². The third-order valence-electron chi connectivity index (χ3n) is 2.69. The second kappa shape index (κ2) is 5.20. The lowest BCUT2D eigenvalue weighted by molar-refractivity contribution is -0.385. The van der Waals surface area contributed by atoms with Crippen LogP contribution in [0.1, 0.15) is 26.3 Å². The molecule has 0 fully saturated rings. The van der Waals surface area contributed by atoms with Crippen molar-refractivity contribution >= 4 is 22.2 Å². The summed E-state index contributed by atoms with van der Waals surface area (Å²) in [5.41, 5.74) is 2.24. The van der Waals surface area contributed by atoms with Crippen LogP contribution in [0.3, 0.4) is 0 Å². The average molecular weight is 291 g/mol. The number of aromatic nitrogens is 1. The van der Waals surface area contributed by atoms with Crippen LogP contribution in [0.5, 0.6) is 0 Å². The maximum Gasteiger partial charge on any atom is 0.272 e. The largest absolute Gasteiger partial charge is 0.357 e. The van der Waals surface area contributed by atoms with Gasteiger partial charge in [-0.2, -0.15) is 0 Å². The Hall–Kier alpha value is -1.95. The molecule has 0 amide bonds. The van der Waals surface area contributed by atoms with Gasteiger partial charge in [0, 0.05) is 28.1 Å². The highest BCUT2D eigenvalue weighted by molar-refractivity contribution is 7.14. The van der Waals surface area contributed by atoms with Crippen molar-refractivity contribution in [1.29, 1.82) is 0 Å². The minimum Gasteiger partial charge on any atom is -0.357 e. The van der Waals surface area contributed by atoms with E-state index in [0.717, 1.165) is 16.4 Å². The number of nitro benzene ring substituents is 1. The second-order valence-corrected chi connectivity index (χ2v) is 6.53. The SMILES string of the molecule is Cc1ccc(-c2csc(NC(C)(C)C)n2)cc1[N+](=O)[O-]. The van der Waals surface area contributed by atoms with E-state index >= 15 is 0 Å². The maximum absolute atomic E-state index is 11.0. The van der Waals surface area contributed by atoms with Crippen LogP contribution in [0.25, 0.3) is 11.3 Å². The molecule has 0 aliphatic heterocycles. The number of anilines is 1. The molecule has 1 aromatic carbocycles. The molecule has 20 heavy (non-hydrogen) atoms. The molecule has 0 saturated carbocycles. The summed E-state index contributed by atoms with van der Waals surface area (Å²) in [6.45, 7) is 7.91. The number of nitrogens with zero attached hydrogens (tertiary/aromatic N) is 2. The molecular weight excluding hydrogens is 274 g/mol. The Balaban J connectivity index is 2.33. The van der Waals surface area contributed by atoms with E-state index in [0.29, 0.717) is 5.56 Å². The van der Waals surface area contributed by atoms with Gasteiger partial charge in [0.1, 0.15) is 0 Å². The van der Waals surface area contributed by atoms with E-state index in [1.807, 2.05) is 11.4 Å². The Labute approximate surface area is 121 Å². The summed E-state index contributed by atoms with van der Waals surface area (Å²) in [5, 5.41) is 17.0. The molecule has 0 unspecified atom stereocenters. The molecule has 0 bridgehead atoms. The zero-order valence-corrected chi connectivity index (χ0v) is 12.7. The zero-order chi connectivity index (χ0) is 14.9. The predicted octanol–water partition coefficient (Wildman–Crippen LogP) is 4.24. The molecule has 0 aliphatic rings. The van der Waals surface area contributed by atoms with E-state index in [1.165, 1.54) is 11.3 Å². The summed E-state index contributed by atoms with van der Waals surface area (Å²) < 4.78 is 0. The van der Waals surface area contributed by atoms with Crippen molar-refractivity contribution in [2.24, 2.45) is 0 Å². The molecule has 1 aromatic heterocycles. The van der Waals surface area contributed by atoms with Gasteiger partial charge >= 0.3 is 0 Å². The van der Waals surface area contributed by atoms with Crippen LogP contribution in [-0.2, 0) is 0 Å². The summed E-state index contributed by atoms with van der Waals surface area (Å²) in [5.74, 6) is 0. The van der Waals surface area contributed by atoms with Gasteiger partial charge in [0.25, 0.3) is 5.69 Å². The molecule has 0 saturated heterocycles. The molecule has 1 heterocycles. The predicted molar refractivity (Wildman–Crippen MR) is 82.3 cm³/mol. The molecule has 2 aromatic rings. The van der Waals surface area contributed by atoms with Gasteiger partial charge in [-0.15, -0.1) is 11.3 Å². The quantitative estimate of drug-likeness (QED) is 0.678. The van der Waals surface area contributed by atoms with E-state index in [1.54, 1.807) is 19.1 Å². The summed E-state index contributed by atoms with van der Waals surface area (Å²) in [7, 11) is 0. The Kier molecular flexibility index (Phi) is 3.76. The fourth-order valence-electron chi connectivity index (χ4n) is 1.75. The maximum atomic E-state index is 11.0. The van der Waals surface area contributed by atoms with Crippen molar-refractivity contribution < 1.29 is 4.92 Å². The fraction of sp³-hybridized carbons (Fsp3) is 0.357. The topological polar surface area (TPSA) is 68.1 Å². The Morgan fingerprint density at radius 1 is 1.35 bits per heavy atom. The van der Waals surface area contributed by atoms with Gasteiger partial charge in [0.15, 0.2) is 5.13 Å². The van der Waals surface area contributed by atoms with Crippen molar-refractivity contribution in [3.8, 4) is 11.3 Å². The van der Waals surface area contributed by atoms with Crippen molar-refractivity contribution in [2.45, 2.75) is 33.2 Å². The van der Waals surface area contributed by atoms with Gasteiger partial charge < -0.3 is 5.32 Å². The van der Waals surface area contributed by atoms with Crippen molar-refractivity contribution in [3.05, 3.63) is 39.3 Å². The lowest BCUT2D eigenvalue weighted by Gasteiger charge is -2.19. The Morgan fingerprint density at radius 2 is 2.05 bits per heavy atom. The number of benzene rings is 1. The summed E-state index contributed by atoms with van der Waals surface area (Å²) in [4.78, 5) is 15.1. The van der Waals surface area contributed by atoms with Gasteiger partial charge in [0.05, 0.1) is 10.6 Å². The summed E-state index contributed by atoms with van der Waals surface area (Å²) in [6, 6.07) is 5.19. The van der Waals surface area contributed by atoms with Gasteiger partial charge in [-0.1, -0.05) is 12.1 Å². The minimum absolute atomic E-state index is 0.0611. The van der Waals surface area contributed by atoms with Crippen LogP contribution in [0.4, 0.5) is 10.8 Å². The lowest BCUT2D eigenvalue weighted by Crippen LogP contribution is -2.25. The van der Waals surface area contributed by atoms with E-state index in [4.69, 9.17) is 0 Å².